The molecule has 2 rings (SSSR count). The number of nitrogens with zero attached hydrogens (tertiary/aromatic N) is 1. The fourth-order valence-corrected chi connectivity index (χ4v) is 4.61. The average Bonchev–Trinajstić information content (AvgIpc) is 2.42. The van der Waals surface area contributed by atoms with Gasteiger partial charge in [-0.25, -0.2) is 0 Å². The van der Waals surface area contributed by atoms with Gasteiger partial charge in [-0.1, -0.05) is 39.2 Å². The zero-order valence-electron chi connectivity index (χ0n) is 13.0. The van der Waals surface area contributed by atoms with Crippen molar-refractivity contribution in [3.05, 3.63) is 12.7 Å². The van der Waals surface area contributed by atoms with Crippen molar-refractivity contribution >= 4 is 0 Å². The molecule has 1 N–H and O–H groups in total. The first-order chi connectivity index (χ1) is 9.00. The molecule has 19 heavy (non-hydrogen) atoms. The highest BCUT2D eigenvalue weighted by Gasteiger charge is 2.54. The Morgan fingerprint density at radius 1 is 1.32 bits per heavy atom. The van der Waals surface area contributed by atoms with Crippen molar-refractivity contribution in [1.29, 1.82) is 0 Å². The van der Waals surface area contributed by atoms with Crippen LogP contribution in [0.2, 0.25) is 0 Å². The van der Waals surface area contributed by atoms with Crippen LogP contribution in [0.25, 0.3) is 0 Å². The van der Waals surface area contributed by atoms with Gasteiger partial charge in [0.15, 0.2) is 0 Å². The second kappa shape index (κ2) is 5.57. The van der Waals surface area contributed by atoms with Crippen LogP contribution in [0.3, 0.4) is 0 Å². The first-order valence-electron chi connectivity index (χ1n) is 8.07. The second-order valence-corrected chi connectivity index (χ2v) is 6.96. The molecule has 2 aliphatic rings. The maximum Gasteiger partial charge on any atom is 0.0601 e. The molecule has 0 amide bonds. The van der Waals surface area contributed by atoms with Crippen molar-refractivity contribution in [3.8, 4) is 0 Å². The number of piperidine rings is 1. The Morgan fingerprint density at radius 2 is 1.95 bits per heavy atom. The number of aliphatic hydroxyl groups excluding tert-OH is 1. The van der Waals surface area contributed by atoms with E-state index in [2.05, 4.69) is 38.3 Å². The molecular formula is C17H31NO. The molecule has 1 saturated carbocycles. The van der Waals surface area contributed by atoms with Crippen molar-refractivity contribution in [2.75, 3.05) is 6.54 Å². The summed E-state index contributed by atoms with van der Waals surface area (Å²) in [4.78, 5) is 2.70. The summed E-state index contributed by atoms with van der Waals surface area (Å²) in [6.07, 6.45) is 10.4. The van der Waals surface area contributed by atoms with Crippen molar-refractivity contribution in [3.63, 3.8) is 0 Å². The van der Waals surface area contributed by atoms with Crippen LogP contribution in [0.5, 0.6) is 0 Å². The molecule has 0 aromatic carbocycles. The van der Waals surface area contributed by atoms with Gasteiger partial charge in [0.2, 0.25) is 0 Å². The predicted molar refractivity (Wildman–Crippen MR) is 81.2 cm³/mol. The molecule has 0 bridgehead atoms. The van der Waals surface area contributed by atoms with Crippen molar-refractivity contribution in [1.82, 2.24) is 4.90 Å². The monoisotopic (exact) mass is 265 g/mol. The van der Waals surface area contributed by atoms with Gasteiger partial charge < -0.3 is 5.11 Å². The van der Waals surface area contributed by atoms with Gasteiger partial charge in [-0.05, 0) is 32.6 Å². The van der Waals surface area contributed by atoms with E-state index in [1.54, 1.807) is 0 Å². The number of aliphatic hydroxyl groups is 1. The van der Waals surface area contributed by atoms with Crippen LogP contribution in [0.4, 0.5) is 0 Å². The average molecular weight is 265 g/mol. The Hall–Kier alpha value is -0.340. The van der Waals surface area contributed by atoms with Gasteiger partial charge in [0, 0.05) is 23.5 Å². The summed E-state index contributed by atoms with van der Waals surface area (Å²) >= 11 is 0. The molecule has 0 aromatic rings. The highest BCUT2D eigenvalue weighted by molar-refractivity contribution is 5.10. The largest absolute Gasteiger partial charge is 0.393 e. The van der Waals surface area contributed by atoms with Crippen LogP contribution in [0, 0.1) is 5.92 Å². The van der Waals surface area contributed by atoms with Gasteiger partial charge in [0.1, 0.15) is 0 Å². The molecule has 3 unspecified atom stereocenters. The van der Waals surface area contributed by atoms with E-state index in [9.17, 15) is 5.11 Å². The van der Waals surface area contributed by atoms with Crippen LogP contribution < -0.4 is 0 Å². The molecule has 1 heterocycles. The number of hydrogen-bond donors (Lipinski definition) is 1. The highest BCUT2D eigenvalue weighted by Crippen LogP contribution is 2.49. The molecule has 110 valence electrons. The lowest BCUT2D eigenvalue weighted by molar-refractivity contribution is -0.147. The summed E-state index contributed by atoms with van der Waals surface area (Å²) in [5, 5.41) is 10.6. The standard InChI is InChI=1S/C17H31NO/c1-5-12-18-16(4,6-2)14(3)15(19)13-17(18)10-8-7-9-11-17/h5,14-15,19H,1,6-13H2,2-4H3. The third-order valence-corrected chi connectivity index (χ3v) is 6.15. The number of hydrogen-bond acceptors (Lipinski definition) is 2. The van der Waals surface area contributed by atoms with Crippen molar-refractivity contribution in [2.45, 2.75) is 82.9 Å². The first-order valence-corrected chi connectivity index (χ1v) is 8.07. The fourth-order valence-electron chi connectivity index (χ4n) is 4.61. The zero-order valence-corrected chi connectivity index (χ0v) is 13.0. The minimum absolute atomic E-state index is 0.100. The van der Waals surface area contributed by atoms with E-state index < -0.39 is 0 Å². The normalized spacial score (nSPS) is 39.4. The lowest BCUT2D eigenvalue weighted by Gasteiger charge is -2.62. The Balaban J connectivity index is 2.38. The maximum absolute atomic E-state index is 10.6. The number of rotatable bonds is 3. The topological polar surface area (TPSA) is 23.5 Å². The Kier molecular flexibility index (Phi) is 4.42. The summed E-state index contributed by atoms with van der Waals surface area (Å²) in [6, 6.07) is 0. The van der Waals surface area contributed by atoms with Crippen LogP contribution in [0.15, 0.2) is 12.7 Å². The van der Waals surface area contributed by atoms with E-state index in [4.69, 9.17) is 0 Å². The quantitative estimate of drug-likeness (QED) is 0.786. The molecule has 3 atom stereocenters. The number of likely N-dealkylation sites (tertiary alicyclic amines) is 1. The molecule has 1 aliphatic carbocycles. The van der Waals surface area contributed by atoms with Crippen molar-refractivity contribution in [2.24, 2.45) is 5.92 Å². The summed E-state index contributed by atoms with van der Waals surface area (Å²) in [5.74, 6) is 0.338. The van der Waals surface area contributed by atoms with Gasteiger partial charge in [-0.3, -0.25) is 4.90 Å². The Labute approximate surface area is 118 Å². The molecule has 1 saturated heterocycles. The smallest absolute Gasteiger partial charge is 0.0601 e. The molecule has 2 nitrogen and oxygen atoms in total. The molecule has 0 aromatic heterocycles. The SMILES string of the molecule is C=CCN1C2(CCCCC2)CC(O)C(C)C1(C)CC. The van der Waals surface area contributed by atoms with Gasteiger partial charge >= 0.3 is 0 Å². The van der Waals surface area contributed by atoms with Crippen LogP contribution >= 0.6 is 0 Å². The highest BCUT2D eigenvalue weighted by atomic mass is 16.3. The van der Waals surface area contributed by atoms with Crippen LogP contribution in [0.1, 0.15) is 65.7 Å². The molecular weight excluding hydrogens is 234 g/mol. The summed E-state index contributed by atoms with van der Waals surface area (Å²) in [7, 11) is 0. The Bertz CT molecular complexity index is 321. The van der Waals surface area contributed by atoms with Gasteiger partial charge in [0.05, 0.1) is 6.10 Å². The van der Waals surface area contributed by atoms with E-state index in [0.29, 0.717) is 5.92 Å². The lowest BCUT2D eigenvalue weighted by atomic mass is 9.64. The van der Waals surface area contributed by atoms with Crippen LogP contribution in [-0.2, 0) is 0 Å². The minimum Gasteiger partial charge on any atom is -0.393 e. The van der Waals surface area contributed by atoms with E-state index in [-0.39, 0.29) is 17.2 Å². The van der Waals surface area contributed by atoms with E-state index in [1.165, 1.54) is 32.1 Å². The summed E-state index contributed by atoms with van der Waals surface area (Å²) in [6.45, 7) is 11.8. The van der Waals surface area contributed by atoms with Gasteiger partial charge in [-0.15, -0.1) is 6.58 Å². The van der Waals surface area contributed by atoms with Crippen LogP contribution in [-0.4, -0.2) is 33.7 Å². The minimum atomic E-state index is -0.149. The van der Waals surface area contributed by atoms with E-state index in [0.717, 1.165) is 19.4 Å². The molecule has 1 spiro atoms. The molecule has 1 aliphatic heterocycles. The molecule has 0 radical (unpaired) electrons. The Morgan fingerprint density at radius 3 is 2.47 bits per heavy atom. The third kappa shape index (κ3) is 2.38. The fraction of sp³-hybridized carbons (Fsp3) is 0.882. The zero-order chi connectivity index (χ0) is 14.1. The maximum atomic E-state index is 10.6. The first kappa shape index (κ1) is 15.1. The second-order valence-electron chi connectivity index (χ2n) is 6.96. The van der Waals surface area contributed by atoms with Crippen molar-refractivity contribution < 1.29 is 5.11 Å². The van der Waals surface area contributed by atoms with Gasteiger partial charge in [0.25, 0.3) is 0 Å². The van der Waals surface area contributed by atoms with Gasteiger partial charge in [-0.2, -0.15) is 0 Å². The van der Waals surface area contributed by atoms with E-state index >= 15 is 0 Å². The summed E-state index contributed by atoms with van der Waals surface area (Å²) < 4.78 is 0. The third-order valence-electron chi connectivity index (χ3n) is 6.15. The lowest BCUT2D eigenvalue weighted by Crippen LogP contribution is -2.69. The van der Waals surface area contributed by atoms with E-state index in [1.807, 2.05) is 0 Å². The molecule has 2 fully saturated rings. The molecule has 2 heteroatoms. The summed E-state index contributed by atoms with van der Waals surface area (Å²) in [5.41, 5.74) is 0.326. The predicted octanol–water partition coefficient (Wildman–Crippen LogP) is 3.75.